The largest absolute Gasteiger partial charge is 0.393 e. The Kier molecular flexibility index (Phi) is 3.97. The minimum Gasteiger partial charge on any atom is -0.393 e. The van der Waals surface area contributed by atoms with Crippen LogP contribution in [0.25, 0.3) is 0 Å². The van der Waals surface area contributed by atoms with Crippen LogP contribution in [-0.4, -0.2) is 30.9 Å². The number of hydrogen-bond donors (Lipinski definition) is 2. The number of hydrogen-bond acceptors (Lipinski definition) is 3. The van der Waals surface area contributed by atoms with Gasteiger partial charge in [0.25, 0.3) is 0 Å². The molecule has 1 aliphatic carbocycles. The van der Waals surface area contributed by atoms with E-state index >= 15 is 0 Å². The maximum atomic E-state index is 11.0. The van der Waals surface area contributed by atoms with Crippen LogP contribution in [0, 0.1) is 0 Å². The molecule has 0 radical (unpaired) electrons. The number of rotatable bonds is 3. The molecule has 1 fully saturated rings. The fourth-order valence-corrected chi connectivity index (χ4v) is 2.47. The van der Waals surface area contributed by atoms with E-state index in [4.69, 9.17) is 11.6 Å². The van der Waals surface area contributed by atoms with Crippen LogP contribution in [-0.2, 0) is 10.0 Å². The molecule has 1 aliphatic rings. The van der Waals surface area contributed by atoms with E-state index in [9.17, 15) is 13.5 Å². The Morgan fingerprint density at radius 2 is 1.85 bits per heavy atom. The van der Waals surface area contributed by atoms with Crippen molar-refractivity contribution in [3.05, 3.63) is 0 Å². The highest BCUT2D eigenvalue weighted by Gasteiger charge is 2.22. The molecule has 0 spiro atoms. The van der Waals surface area contributed by atoms with Crippen LogP contribution in [0.2, 0.25) is 0 Å². The molecule has 0 saturated heterocycles. The maximum Gasteiger partial charge on any atom is 0.225 e. The van der Waals surface area contributed by atoms with Crippen molar-refractivity contribution < 1.29 is 13.5 Å². The van der Waals surface area contributed by atoms with E-state index in [0.717, 1.165) is 0 Å². The predicted molar refractivity (Wildman–Crippen MR) is 51.0 cm³/mol. The standard InChI is InChI=1S/C7H14ClNO3S/c8-5-13(11,12)9-6-1-3-7(10)4-2-6/h6-7,9-10H,1-5H2. The Hall–Kier alpha value is 0.160. The number of halogens is 1. The first kappa shape index (κ1) is 11.2. The molecule has 1 rings (SSSR count). The molecule has 0 bridgehead atoms. The van der Waals surface area contributed by atoms with Gasteiger partial charge in [-0.05, 0) is 25.7 Å². The lowest BCUT2D eigenvalue weighted by Crippen LogP contribution is -2.38. The molecule has 13 heavy (non-hydrogen) atoms. The molecule has 0 atom stereocenters. The minimum absolute atomic E-state index is 0.0489. The molecular weight excluding hydrogens is 214 g/mol. The average molecular weight is 228 g/mol. The quantitative estimate of drug-likeness (QED) is 0.687. The smallest absolute Gasteiger partial charge is 0.225 e. The average Bonchev–Trinajstić information content (AvgIpc) is 2.09. The number of aliphatic hydroxyl groups is 1. The summed E-state index contributed by atoms with van der Waals surface area (Å²) < 4.78 is 24.6. The molecule has 78 valence electrons. The predicted octanol–water partition coefficient (Wildman–Crippen LogP) is 0.406. The number of alkyl halides is 1. The van der Waals surface area contributed by atoms with Crippen molar-refractivity contribution in [2.45, 2.75) is 37.8 Å². The molecule has 0 aromatic carbocycles. The Bertz CT molecular complexity index is 246. The zero-order chi connectivity index (χ0) is 9.90. The van der Waals surface area contributed by atoms with Gasteiger partial charge in [-0.1, -0.05) is 0 Å². The number of aliphatic hydroxyl groups excluding tert-OH is 1. The van der Waals surface area contributed by atoms with Crippen molar-refractivity contribution in [2.24, 2.45) is 0 Å². The van der Waals surface area contributed by atoms with Gasteiger partial charge in [0.05, 0.1) is 6.10 Å². The number of sulfonamides is 1. The molecule has 0 aromatic heterocycles. The highest BCUT2D eigenvalue weighted by Crippen LogP contribution is 2.18. The molecule has 4 nitrogen and oxygen atoms in total. The second-order valence-corrected chi connectivity index (χ2v) is 5.69. The molecule has 1 saturated carbocycles. The first-order chi connectivity index (χ1) is 6.03. The van der Waals surface area contributed by atoms with Crippen LogP contribution >= 0.6 is 11.6 Å². The van der Waals surface area contributed by atoms with Gasteiger partial charge in [0.2, 0.25) is 10.0 Å². The summed E-state index contributed by atoms with van der Waals surface area (Å²) in [7, 11) is -3.30. The van der Waals surface area contributed by atoms with Crippen LogP contribution in [0.15, 0.2) is 0 Å². The Morgan fingerprint density at radius 1 is 1.31 bits per heavy atom. The molecule has 2 N–H and O–H groups in total. The lowest BCUT2D eigenvalue weighted by molar-refractivity contribution is 0.120. The van der Waals surface area contributed by atoms with Crippen molar-refractivity contribution in [1.29, 1.82) is 0 Å². The van der Waals surface area contributed by atoms with Crippen molar-refractivity contribution in [2.75, 3.05) is 5.21 Å². The second-order valence-electron chi connectivity index (χ2n) is 3.35. The minimum atomic E-state index is -3.30. The van der Waals surface area contributed by atoms with Crippen molar-refractivity contribution in [1.82, 2.24) is 4.72 Å². The molecule has 0 aromatic rings. The molecule has 0 heterocycles. The van der Waals surface area contributed by atoms with E-state index in [1.165, 1.54) is 0 Å². The summed E-state index contributed by atoms with van der Waals surface area (Å²) in [5, 5.41) is 8.78. The van der Waals surface area contributed by atoms with Gasteiger partial charge < -0.3 is 5.11 Å². The molecule has 0 amide bonds. The first-order valence-corrected chi connectivity index (χ1v) is 6.46. The highest BCUT2D eigenvalue weighted by atomic mass is 35.5. The summed E-state index contributed by atoms with van der Waals surface area (Å²) in [5.41, 5.74) is 0. The lowest BCUT2D eigenvalue weighted by Gasteiger charge is -2.25. The van der Waals surface area contributed by atoms with Crippen LogP contribution in [0.5, 0.6) is 0 Å². The van der Waals surface area contributed by atoms with E-state index in [1.54, 1.807) is 0 Å². The number of nitrogens with one attached hydrogen (secondary N) is 1. The monoisotopic (exact) mass is 227 g/mol. The Balaban J connectivity index is 2.39. The third-order valence-corrected chi connectivity index (χ3v) is 4.03. The van der Waals surface area contributed by atoms with E-state index in [1.807, 2.05) is 0 Å². The molecule has 6 heteroatoms. The van der Waals surface area contributed by atoms with Crippen molar-refractivity contribution in [3.63, 3.8) is 0 Å². The maximum absolute atomic E-state index is 11.0. The second kappa shape index (κ2) is 4.59. The van der Waals surface area contributed by atoms with Crippen LogP contribution in [0.3, 0.4) is 0 Å². The summed E-state index contributed by atoms with van der Waals surface area (Å²) in [6.07, 6.45) is 2.44. The van der Waals surface area contributed by atoms with Crippen LogP contribution < -0.4 is 4.72 Å². The SMILES string of the molecule is O=S(=O)(CCl)NC1CCC(O)CC1. The zero-order valence-electron chi connectivity index (χ0n) is 7.24. The van der Waals surface area contributed by atoms with Crippen LogP contribution in [0.1, 0.15) is 25.7 Å². The zero-order valence-corrected chi connectivity index (χ0v) is 8.81. The van der Waals surface area contributed by atoms with Gasteiger partial charge in [-0.2, -0.15) is 0 Å². The summed E-state index contributed by atoms with van der Waals surface area (Å²) in [6.45, 7) is 0. The van der Waals surface area contributed by atoms with E-state index in [2.05, 4.69) is 4.72 Å². The van der Waals surface area contributed by atoms with Gasteiger partial charge in [0.15, 0.2) is 0 Å². The summed E-state index contributed by atoms with van der Waals surface area (Å²) in [4.78, 5) is 0. The van der Waals surface area contributed by atoms with Gasteiger partial charge >= 0.3 is 0 Å². The summed E-state index contributed by atoms with van der Waals surface area (Å²) in [6, 6.07) is -0.0489. The third-order valence-electron chi connectivity index (χ3n) is 2.19. The normalized spacial score (nSPS) is 30.3. The van der Waals surface area contributed by atoms with Gasteiger partial charge in [0.1, 0.15) is 5.21 Å². The van der Waals surface area contributed by atoms with Crippen LogP contribution in [0.4, 0.5) is 0 Å². The summed E-state index contributed by atoms with van der Waals surface area (Å²) in [5.74, 6) is 0. The van der Waals surface area contributed by atoms with E-state index in [-0.39, 0.29) is 12.1 Å². The Morgan fingerprint density at radius 3 is 2.31 bits per heavy atom. The van der Waals surface area contributed by atoms with E-state index in [0.29, 0.717) is 25.7 Å². The molecule has 0 unspecified atom stereocenters. The topological polar surface area (TPSA) is 66.4 Å². The van der Waals surface area contributed by atoms with Gasteiger partial charge in [0, 0.05) is 6.04 Å². The van der Waals surface area contributed by atoms with Gasteiger partial charge in [-0.25, -0.2) is 13.1 Å². The fraction of sp³-hybridized carbons (Fsp3) is 1.00. The fourth-order valence-electron chi connectivity index (χ4n) is 1.48. The van der Waals surface area contributed by atoms with E-state index < -0.39 is 15.2 Å². The van der Waals surface area contributed by atoms with Gasteiger partial charge in [-0.15, -0.1) is 11.6 Å². The lowest BCUT2D eigenvalue weighted by atomic mass is 9.94. The Labute approximate surface area is 83.3 Å². The first-order valence-electron chi connectivity index (χ1n) is 4.27. The van der Waals surface area contributed by atoms with Crippen molar-refractivity contribution in [3.8, 4) is 0 Å². The van der Waals surface area contributed by atoms with Gasteiger partial charge in [-0.3, -0.25) is 0 Å². The molecule has 0 aliphatic heterocycles. The highest BCUT2D eigenvalue weighted by molar-refractivity contribution is 7.90. The third kappa shape index (κ3) is 3.81. The summed E-state index contributed by atoms with van der Waals surface area (Å²) >= 11 is 5.24. The molecular formula is C7H14ClNO3S. The van der Waals surface area contributed by atoms with Crippen molar-refractivity contribution >= 4 is 21.6 Å².